The third-order valence-corrected chi connectivity index (χ3v) is 4.41. The monoisotopic (exact) mass is 299 g/mol. The molecule has 0 radical (unpaired) electrons. The molecule has 5 heteroatoms. The summed E-state index contributed by atoms with van der Waals surface area (Å²) in [6.45, 7) is 2.10. The molecule has 2 unspecified atom stereocenters. The summed E-state index contributed by atoms with van der Waals surface area (Å²) in [7, 11) is 1.95. The van der Waals surface area contributed by atoms with Gasteiger partial charge in [0.05, 0.1) is 10.8 Å². The van der Waals surface area contributed by atoms with Crippen LogP contribution >= 0.6 is 11.3 Å². The summed E-state index contributed by atoms with van der Waals surface area (Å²) in [5.74, 6) is 1.41. The molecule has 1 aromatic carbocycles. The third kappa shape index (κ3) is 2.89. The number of aromatic nitrogens is 2. The quantitative estimate of drug-likeness (QED) is 0.777. The molecular formula is C16H17N3OS. The molecule has 2 aromatic heterocycles. The average Bonchev–Trinajstić information content (AvgIpc) is 3.20. The first-order chi connectivity index (χ1) is 10.3. The highest BCUT2D eigenvalue weighted by atomic mass is 32.1. The molecule has 2 heterocycles. The van der Waals surface area contributed by atoms with Crippen molar-refractivity contribution < 1.29 is 4.52 Å². The van der Waals surface area contributed by atoms with E-state index in [0.29, 0.717) is 11.7 Å². The summed E-state index contributed by atoms with van der Waals surface area (Å²) in [6, 6.07) is 14.4. The lowest BCUT2D eigenvalue weighted by Gasteiger charge is -2.21. The first-order valence-corrected chi connectivity index (χ1v) is 7.77. The van der Waals surface area contributed by atoms with Gasteiger partial charge >= 0.3 is 0 Å². The molecule has 0 bridgehead atoms. The van der Waals surface area contributed by atoms with Crippen LogP contribution in [-0.2, 0) is 0 Å². The van der Waals surface area contributed by atoms with Gasteiger partial charge in [0.1, 0.15) is 0 Å². The Bertz CT molecular complexity index is 679. The van der Waals surface area contributed by atoms with E-state index in [1.54, 1.807) is 11.3 Å². The van der Waals surface area contributed by atoms with Crippen molar-refractivity contribution in [2.75, 3.05) is 7.05 Å². The molecule has 0 aliphatic heterocycles. The number of hydrogen-bond acceptors (Lipinski definition) is 5. The lowest BCUT2D eigenvalue weighted by Crippen LogP contribution is -2.22. The predicted octanol–water partition coefficient (Wildman–Crippen LogP) is 3.86. The zero-order valence-corrected chi connectivity index (χ0v) is 12.8. The fourth-order valence-corrected chi connectivity index (χ4v) is 3.08. The van der Waals surface area contributed by atoms with Crippen LogP contribution in [-0.4, -0.2) is 17.2 Å². The molecule has 0 saturated carbocycles. The maximum absolute atomic E-state index is 5.46. The highest BCUT2D eigenvalue weighted by Crippen LogP contribution is 2.31. The molecule has 3 rings (SSSR count). The first kappa shape index (κ1) is 14.0. The second-order valence-corrected chi connectivity index (χ2v) is 5.85. The molecule has 0 spiro atoms. The van der Waals surface area contributed by atoms with Crippen molar-refractivity contribution in [3.8, 4) is 10.7 Å². The molecule has 21 heavy (non-hydrogen) atoms. The summed E-state index contributed by atoms with van der Waals surface area (Å²) in [5.41, 5.74) is 1.21. The summed E-state index contributed by atoms with van der Waals surface area (Å²) in [5, 5.41) is 9.43. The SMILES string of the molecule is CNC(c1ccccc1)C(C)c1nc(-c2cccs2)no1. The van der Waals surface area contributed by atoms with Crippen molar-refractivity contribution in [1.29, 1.82) is 0 Å². The van der Waals surface area contributed by atoms with Crippen LogP contribution in [0.1, 0.15) is 30.3 Å². The Morgan fingerprint density at radius 2 is 1.95 bits per heavy atom. The number of rotatable bonds is 5. The van der Waals surface area contributed by atoms with Crippen molar-refractivity contribution in [3.63, 3.8) is 0 Å². The normalized spacial score (nSPS) is 14.0. The number of nitrogens with one attached hydrogen (secondary N) is 1. The van der Waals surface area contributed by atoms with Crippen LogP contribution in [0.5, 0.6) is 0 Å². The van der Waals surface area contributed by atoms with Gasteiger partial charge in [0.25, 0.3) is 0 Å². The number of hydrogen-bond donors (Lipinski definition) is 1. The second kappa shape index (κ2) is 6.20. The summed E-state index contributed by atoms with van der Waals surface area (Å²) in [6.07, 6.45) is 0. The third-order valence-electron chi connectivity index (χ3n) is 3.54. The maximum Gasteiger partial charge on any atom is 0.231 e. The lowest BCUT2D eigenvalue weighted by atomic mass is 9.94. The summed E-state index contributed by atoms with van der Waals surface area (Å²) < 4.78 is 5.46. The van der Waals surface area contributed by atoms with E-state index in [4.69, 9.17) is 4.52 Å². The van der Waals surface area contributed by atoms with Crippen LogP contribution in [0.15, 0.2) is 52.4 Å². The van der Waals surface area contributed by atoms with E-state index in [9.17, 15) is 0 Å². The molecule has 0 aliphatic carbocycles. The molecule has 108 valence electrons. The zero-order valence-electron chi connectivity index (χ0n) is 12.0. The smallest absolute Gasteiger partial charge is 0.231 e. The number of likely N-dealkylation sites (N-methyl/N-ethyl adjacent to an activating group) is 1. The van der Waals surface area contributed by atoms with Crippen molar-refractivity contribution in [2.45, 2.75) is 18.9 Å². The highest BCUT2D eigenvalue weighted by molar-refractivity contribution is 7.13. The van der Waals surface area contributed by atoms with E-state index >= 15 is 0 Å². The molecule has 0 fully saturated rings. The number of benzene rings is 1. The summed E-state index contributed by atoms with van der Waals surface area (Å²) >= 11 is 1.61. The molecule has 0 aliphatic rings. The van der Waals surface area contributed by atoms with Crippen molar-refractivity contribution in [2.24, 2.45) is 0 Å². The molecule has 0 saturated heterocycles. The average molecular weight is 299 g/mol. The van der Waals surface area contributed by atoms with Crippen LogP contribution in [0.4, 0.5) is 0 Å². The van der Waals surface area contributed by atoms with Gasteiger partial charge in [-0.1, -0.05) is 48.5 Å². The van der Waals surface area contributed by atoms with Crippen LogP contribution < -0.4 is 5.32 Å². The predicted molar refractivity (Wildman–Crippen MR) is 84.3 cm³/mol. The van der Waals surface area contributed by atoms with Gasteiger partial charge in [-0.2, -0.15) is 4.98 Å². The van der Waals surface area contributed by atoms with E-state index in [1.165, 1.54) is 5.56 Å². The Balaban J connectivity index is 1.86. The van der Waals surface area contributed by atoms with Crippen LogP contribution in [0, 0.1) is 0 Å². The van der Waals surface area contributed by atoms with Gasteiger partial charge in [0, 0.05) is 6.04 Å². The fraction of sp³-hybridized carbons (Fsp3) is 0.250. The topological polar surface area (TPSA) is 51.0 Å². The minimum Gasteiger partial charge on any atom is -0.339 e. The van der Waals surface area contributed by atoms with Gasteiger partial charge in [0.2, 0.25) is 11.7 Å². The minimum atomic E-state index is 0.0959. The molecule has 2 atom stereocenters. The molecular weight excluding hydrogens is 282 g/mol. The van der Waals surface area contributed by atoms with Crippen molar-refractivity contribution in [1.82, 2.24) is 15.5 Å². The van der Waals surface area contributed by atoms with Crippen LogP contribution in [0.3, 0.4) is 0 Å². The van der Waals surface area contributed by atoms with Gasteiger partial charge in [-0.3, -0.25) is 0 Å². The zero-order chi connectivity index (χ0) is 14.7. The Kier molecular flexibility index (Phi) is 4.13. The minimum absolute atomic E-state index is 0.0959. The van der Waals surface area contributed by atoms with Crippen LogP contribution in [0.2, 0.25) is 0 Å². The van der Waals surface area contributed by atoms with E-state index in [-0.39, 0.29) is 12.0 Å². The number of thiophene rings is 1. The van der Waals surface area contributed by atoms with Crippen molar-refractivity contribution in [3.05, 3.63) is 59.3 Å². The van der Waals surface area contributed by atoms with Gasteiger partial charge in [0.15, 0.2) is 0 Å². The van der Waals surface area contributed by atoms with Gasteiger partial charge in [-0.05, 0) is 24.1 Å². The maximum atomic E-state index is 5.46. The second-order valence-electron chi connectivity index (χ2n) is 4.90. The lowest BCUT2D eigenvalue weighted by molar-refractivity contribution is 0.332. The Morgan fingerprint density at radius 3 is 2.62 bits per heavy atom. The molecule has 4 nitrogen and oxygen atoms in total. The van der Waals surface area contributed by atoms with Gasteiger partial charge in [-0.25, -0.2) is 0 Å². The Hall–Kier alpha value is -1.98. The molecule has 3 aromatic rings. The first-order valence-electron chi connectivity index (χ1n) is 6.89. The van der Waals surface area contributed by atoms with E-state index in [0.717, 1.165) is 4.88 Å². The van der Waals surface area contributed by atoms with Gasteiger partial charge < -0.3 is 9.84 Å². The molecule has 1 N–H and O–H groups in total. The standard InChI is InChI=1S/C16H17N3OS/c1-11(14(17-2)12-7-4-3-5-8-12)16-18-15(19-20-16)13-9-6-10-21-13/h3-11,14,17H,1-2H3. The van der Waals surface area contributed by atoms with Crippen LogP contribution in [0.25, 0.3) is 10.7 Å². The highest BCUT2D eigenvalue weighted by Gasteiger charge is 2.24. The van der Waals surface area contributed by atoms with E-state index < -0.39 is 0 Å². The Morgan fingerprint density at radius 1 is 1.14 bits per heavy atom. The number of nitrogens with zero attached hydrogens (tertiary/aromatic N) is 2. The van der Waals surface area contributed by atoms with E-state index in [1.807, 2.05) is 42.8 Å². The Labute approximate surface area is 127 Å². The fourth-order valence-electron chi connectivity index (χ4n) is 2.43. The molecule has 0 amide bonds. The van der Waals surface area contributed by atoms with Crippen molar-refractivity contribution >= 4 is 11.3 Å². The van der Waals surface area contributed by atoms with Gasteiger partial charge in [-0.15, -0.1) is 11.3 Å². The largest absolute Gasteiger partial charge is 0.339 e. The summed E-state index contributed by atoms with van der Waals surface area (Å²) in [4.78, 5) is 5.57. The van der Waals surface area contributed by atoms with E-state index in [2.05, 4.69) is 34.5 Å².